The van der Waals surface area contributed by atoms with Crippen molar-refractivity contribution in [3.63, 3.8) is 0 Å². The summed E-state index contributed by atoms with van der Waals surface area (Å²) in [6.45, 7) is 1.81. The summed E-state index contributed by atoms with van der Waals surface area (Å²) in [5.41, 5.74) is 1.76. The number of benzene rings is 4. The Morgan fingerprint density at radius 2 is 1.55 bits per heavy atom. The van der Waals surface area contributed by atoms with Crippen molar-refractivity contribution in [1.82, 2.24) is 0 Å². The Labute approximate surface area is 206 Å². The molecule has 1 unspecified atom stereocenters. The molecule has 7 heteroatoms. The molecule has 4 aromatic carbocycles. The highest BCUT2D eigenvalue weighted by atomic mass is 35.5. The molecule has 1 atom stereocenters. The molecule has 0 bridgehead atoms. The lowest BCUT2D eigenvalue weighted by Gasteiger charge is -2.13. The molecule has 0 radical (unpaired) electrons. The molecule has 0 saturated heterocycles. The molecular formula is C26H20Cl2N2O2S. The lowest BCUT2D eigenvalue weighted by Crippen LogP contribution is -2.22. The van der Waals surface area contributed by atoms with Crippen LogP contribution in [0.5, 0.6) is 0 Å². The Morgan fingerprint density at radius 1 is 0.818 bits per heavy atom. The molecule has 33 heavy (non-hydrogen) atoms. The number of thioether (sulfide) groups is 1. The van der Waals surface area contributed by atoms with Crippen molar-refractivity contribution < 1.29 is 9.59 Å². The average molecular weight is 495 g/mol. The smallest absolute Gasteiger partial charge is 0.255 e. The number of halogens is 2. The molecule has 0 aliphatic rings. The van der Waals surface area contributed by atoms with Crippen molar-refractivity contribution >= 4 is 68.9 Å². The summed E-state index contributed by atoms with van der Waals surface area (Å²) in [6, 6.07) is 25.8. The fraction of sp³-hybridized carbons (Fsp3) is 0.0769. The van der Waals surface area contributed by atoms with E-state index < -0.39 is 0 Å². The van der Waals surface area contributed by atoms with Gasteiger partial charge in [-0.1, -0.05) is 53.5 Å². The second-order valence-electron chi connectivity index (χ2n) is 7.41. The van der Waals surface area contributed by atoms with Gasteiger partial charge in [-0.3, -0.25) is 9.59 Å². The maximum atomic E-state index is 12.6. The maximum absolute atomic E-state index is 12.6. The average Bonchev–Trinajstić information content (AvgIpc) is 2.82. The largest absolute Gasteiger partial charge is 0.324 e. The molecule has 0 fully saturated rings. The van der Waals surface area contributed by atoms with E-state index in [2.05, 4.69) is 10.6 Å². The van der Waals surface area contributed by atoms with Crippen LogP contribution in [0.2, 0.25) is 10.0 Å². The van der Waals surface area contributed by atoms with E-state index >= 15 is 0 Å². The maximum Gasteiger partial charge on any atom is 0.255 e. The minimum atomic E-state index is -0.363. The van der Waals surface area contributed by atoms with Crippen LogP contribution in [0, 0.1) is 0 Å². The van der Waals surface area contributed by atoms with Crippen molar-refractivity contribution in [3.05, 3.63) is 101 Å². The van der Waals surface area contributed by atoms with Crippen molar-refractivity contribution in [2.45, 2.75) is 17.1 Å². The Bertz CT molecular complexity index is 1330. The summed E-state index contributed by atoms with van der Waals surface area (Å²) >= 11 is 13.5. The molecule has 0 aliphatic heterocycles. The first-order chi connectivity index (χ1) is 15.9. The molecule has 2 amide bonds. The van der Waals surface area contributed by atoms with Gasteiger partial charge in [0.2, 0.25) is 5.91 Å². The Morgan fingerprint density at radius 3 is 2.30 bits per heavy atom. The minimum Gasteiger partial charge on any atom is -0.324 e. The predicted octanol–water partition coefficient (Wildman–Crippen LogP) is 7.52. The van der Waals surface area contributed by atoms with E-state index in [0.717, 1.165) is 15.7 Å². The molecule has 0 saturated carbocycles. The standard InChI is InChI=1S/C26H20Cl2N2O2S/c1-16(25(31)30-24-15-20(27)8-13-23(24)28)33-22-11-9-21(10-12-22)29-26(32)19-7-6-17-4-2-3-5-18(17)14-19/h2-16H,1H3,(H,29,32)(H,30,31). The molecule has 0 spiro atoms. The summed E-state index contributed by atoms with van der Waals surface area (Å²) in [7, 11) is 0. The van der Waals surface area contributed by atoms with Crippen LogP contribution in [0.3, 0.4) is 0 Å². The molecule has 166 valence electrons. The number of hydrogen-bond donors (Lipinski definition) is 2. The van der Waals surface area contributed by atoms with Crippen molar-refractivity contribution in [3.8, 4) is 0 Å². The topological polar surface area (TPSA) is 58.2 Å². The van der Waals surface area contributed by atoms with E-state index in [-0.39, 0.29) is 17.1 Å². The third-order valence-corrected chi connectivity index (χ3v) is 6.67. The van der Waals surface area contributed by atoms with Gasteiger partial charge in [-0.15, -0.1) is 11.8 Å². The number of carbonyl (C=O) groups excluding carboxylic acids is 2. The zero-order valence-electron chi connectivity index (χ0n) is 17.6. The molecule has 0 heterocycles. The van der Waals surface area contributed by atoms with Crippen LogP contribution >= 0.6 is 35.0 Å². The first-order valence-electron chi connectivity index (χ1n) is 10.2. The molecule has 0 aliphatic carbocycles. The second-order valence-corrected chi connectivity index (χ2v) is 9.67. The van der Waals surface area contributed by atoms with E-state index in [1.54, 1.807) is 18.2 Å². The van der Waals surface area contributed by atoms with Crippen LogP contribution < -0.4 is 10.6 Å². The van der Waals surface area contributed by atoms with Gasteiger partial charge in [0.25, 0.3) is 5.91 Å². The van der Waals surface area contributed by atoms with Gasteiger partial charge in [0.1, 0.15) is 0 Å². The van der Waals surface area contributed by atoms with Gasteiger partial charge in [-0.05, 0) is 72.3 Å². The SMILES string of the molecule is CC(Sc1ccc(NC(=O)c2ccc3ccccc3c2)cc1)C(=O)Nc1cc(Cl)ccc1Cl. The second kappa shape index (κ2) is 10.3. The number of hydrogen-bond acceptors (Lipinski definition) is 3. The van der Waals surface area contributed by atoms with E-state index in [0.29, 0.717) is 27.0 Å². The Balaban J connectivity index is 1.36. The first kappa shape index (κ1) is 23.2. The predicted molar refractivity (Wildman–Crippen MR) is 139 cm³/mol. The zero-order valence-corrected chi connectivity index (χ0v) is 20.0. The monoisotopic (exact) mass is 494 g/mol. The zero-order chi connectivity index (χ0) is 23.4. The highest BCUT2D eigenvalue weighted by molar-refractivity contribution is 8.00. The first-order valence-corrected chi connectivity index (χ1v) is 11.9. The summed E-state index contributed by atoms with van der Waals surface area (Å²) in [5.74, 6) is -0.356. The summed E-state index contributed by atoms with van der Waals surface area (Å²) in [4.78, 5) is 26.1. The van der Waals surface area contributed by atoms with Crippen molar-refractivity contribution in [2.75, 3.05) is 10.6 Å². The lowest BCUT2D eigenvalue weighted by molar-refractivity contribution is -0.115. The minimum absolute atomic E-state index is 0.174. The van der Waals surface area contributed by atoms with E-state index in [1.165, 1.54) is 11.8 Å². The molecule has 4 rings (SSSR count). The van der Waals surface area contributed by atoms with E-state index in [9.17, 15) is 9.59 Å². The van der Waals surface area contributed by atoms with Crippen LogP contribution in [-0.4, -0.2) is 17.1 Å². The van der Waals surface area contributed by atoms with Crippen LogP contribution in [0.25, 0.3) is 10.8 Å². The molecule has 0 aromatic heterocycles. The van der Waals surface area contributed by atoms with E-state index in [1.807, 2.05) is 73.7 Å². The number of nitrogens with one attached hydrogen (secondary N) is 2. The van der Waals surface area contributed by atoms with Gasteiger partial charge >= 0.3 is 0 Å². The quantitative estimate of drug-likeness (QED) is 0.272. The third kappa shape index (κ3) is 5.88. The van der Waals surface area contributed by atoms with Gasteiger partial charge < -0.3 is 10.6 Å². The van der Waals surface area contributed by atoms with Crippen molar-refractivity contribution in [2.24, 2.45) is 0 Å². The van der Waals surface area contributed by atoms with Crippen LogP contribution in [-0.2, 0) is 4.79 Å². The highest BCUT2D eigenvalue weighted by Gasteiger charge is 2.16. The van der Waals surface area contributed by atoms with Crippen LogP contribution in [0.1, 0.15) is 17.3 Å². The van der Waals surface area contributed by atoms with Gasteiger partial charge in [-0.25, -0.2) is 0 Å². The van der Waals surface area contributed by atoms with Gasteiger partial charge in [-0.2, -0.15) is 0 Å². The fourth-order valence-electron chi connectivity index (χ4n) is 3.24. The normalized spacial score (nSPS) is 11.7. The van der Waals surface area contributed by atoms with Crippen molar-refractivity contribution in [1.29, 1.82) is 0 Å². The highest BCUT2D eigenvalue weighted by Crippen LogP contribution is 2.29. The summed E-state index contributed by atoms with van der Waals surface area (Å²) in [6.07, 6.45) is 0. The number of rotatable bonds is 6. The Kier molecular flexibility index (Phi) is 7.23. The summed E-state index contributed by atoms with van der Waals surface area (Å²) in [5, 5.41) is 8.39. The lowest BCUT2D eigenvalue weighted by atomic mass is 10.1. The van der Waals surface area contributed by atoms with Gasteiger partial charge in [0, 0.05) is 21.2 Å². The van der Waals surface area contributed by atoms with Crippen LogP contribution in [0.4, 0.5) is 11.4 Å². The summed E-state index contributed by atoms with van der Waals surface area (Å²) < 4.78 is 0. The molecule has 4 nitrogen and oxygen atoms in total. The molecule has 2 N–H and O–H groups in total. The number of carbonyl (C=O) groups is 2. The van der Waals surface area contributed by atoms with Gasteiger partial charge in [0.15, 0.2) is 0 Å². The molecular weight excluding hydrogens is 475 g/mol. The van der Waals surface area contributed by atoms with E-state index in [4.69, 9.17) is 23.2 Å². The number of fused-ring (bicyclic) bond motifs is 1. The molecule has 4 aromatic rings. The van der Waals surface area contributed by atoms with Gasteiger partial charge in [0.05, 0.1) is 16.0 Å². The number of amides is 2. The Hall–Kier alpha value is -2.99. The fourth-order valence-corrected chi connectivity index (χ4v) is 4.44. The number of anilines is 2. The third-order valence-electron chi connectivity index (χ3n) is 4.99. The van der Waals surface area contributed by atoms with Crippen LogP contribution in [0.15, 0.2) is 89.8 Å².